The number of hydrogen-bond donors (Lipinski definition) is 2. The zero-order valence-electron chi connectivity index (χ0n) is 13.4. The summed E-state index contributed by atoms with van der Waals surface area (Å²) >= 11 is 1.68. The molecule has 3 nitrogen and oxygen atoms in total. The van der Waals surface area contributed by atoms with Crippen molar-refractivity contribution in [2.45, 2.75) is 45.2 Å². The van der Waals surface area contributed by atoms with Gasteiger partial charge in [0, 0.05) is 4.88 Å². The Balaban J connectivity index is 2.27. The molecule has 2 rings (SSSR count). The molecule has 1 aromatic heterocycles. The molecule has 1 aromatic carbocycles. The number of rotatable bonds is 7. The number of amides is 1. The molecular formula is C18H24N2OS. The molecule has 0 aliphatic heterocycles. The van der Waals surface area contributed by atoms with Crippen LogP contribution in [0.4, 0.5) is 0 Å². The van der Waals surface area contributed by atoms with Gasteiger partial charge in [-0.25, -0.2) is 0 Å². The monoisotopic (exact) mass is 316 g/mol. The molecule has 3 atom stereocenters. The lowest BCUT2D eigenvalue weighted by atomic mass is 9.95. The van der Waals surface area contributed by atoms with Gasteiger partial charge in [0.2, 0.25) is 5.91 Å². The number of nitrogens with two attached hydrogens (primary N) is 1. The predicted octanol–water partition coefficient (Wildman–Crippen LogP) is 3.81. The van der Waals surface area contributed by atoms with Crippen LogP contribution >= 0.6 is 11.3 Å². The summed E-state index contributed by atoms with van der Waals surface area (Å²) in [6.07, 6.45) is 1.13. The van der Waals surface area contributed by atoms with E-state index in [0.29, 0.717) is 5.92 Å². The maximum atomic E-state index is 11.4. The topological polar surface area (TPSA) is 55.1 Å². The second kappa shape index (κ2) is 7.56. The van der Waals surface area contributed by atoms with Crippen LogP contribution in [0, 0.1) is 0 Å². The summed E-state index contributed by atoms with van der Waals surface area (Å²) in [6, 6.07) is 12.4. The first-order valence-electron chi connectivity index (χ1n) is 7.71. The van der Waals surface area contributed by atoms with Crippen molar-refractivity contribution >= 4 is 17.2 Å². The van der Waals surface area contributed by atoms with Gasteiger partial charge < -0.3 is 5.73 Å². The highest BCUT2D eigenvalue weighted by Gasteiger charge is 2.20. The van der Waals surface area contributed by atoms with Gasteiger partial charge in [-0.1, -0.05) is 44.2 Å². The van der Waals surface area contributed by atoms with Crippen LogP contribution in [-0.2, 0) is 4.79 Å². The van der Waals surface area contributed by atoms with Crippen molar-refractivity contribution in [3.05, 3.63) is 57.8 Å². The van der Waals surface area contributed by atoms with Gasteiger partial charge in [-0.05, 0) is 41.8 Å². The van der Waals surface area contributed by atoms with Crippen LogP contribution in [-0.4, -0.2) is 11.9 Å². The largest absolute Gasteiger partial charge is 0.368 e. The maximum absolute atomic E-state index is 11.4. The van der Waals surface area contributed by atoms with Crippen LogP contribution in [0.3, 0.4) is 0 Å². The van der Waals surface area contributed by atoms with Gasteiger partial charge in [-0.15, -0.1) is 11.3 Å². The first-order valence-corrected chi connectivity index (χ1v) is 8.59. The van der Waals surface area contributed by atoms with E-state index < -0.39 is 0 Å². The number of hydrogen-bond acceptors (Lipinski definition) is 3. The number of thiophene rings is 1. The average molecular weight is 316 g/mol. The van der Waals surface area contributed by atoms with Crippen molar-refractivity contribution in [2.75, 3.05) is 0 Å². The average Bonchev–Trinajstić information content (AvgIpc) is 3.05. The summed E-state index contributed by atoms with van der Waals surface area (Å²) < 4.78 is 0. The number of benzene rings is 1. The lowest BCUT2D eigenvalue weighted by Crippen LogP contribution is -2.40. The van der Waals surface area contributed by atoms with Gasteiger partial charge in [-0.2, -0.15) is 0 Å². The minimum Gasteiger partial charge on any atom is -0.368 e. The third kappa shape index (κ3) is 3.96. The summed E-state index contributed by atoms with van der Waals surface area (Å²) in [4.78, 5) is 12.6. The third-order valence-electron chi connectivity index (χ3n) is 4.12. The van der Waals surface area contributed by atoms with Gasteiger partial charge in [-0.3, -0.25) is 10.1 Å². The minimum absolute atomic E-state index is 0.00603. The van der Waals surface area contributed by atoms with Crippen molar-refractivity contribution < 1.29 is 4.79 Å². The van der Waals surface area contributed by atoms with Gasteiger partial charge in [0.1, 0.15) is 0 Å². The Morgan fingerprint density at radius 1 is 1.18 bits per heavy atom. The molecule has 2 aromatic rings. The van der Waals surface area contributed by atoms with Crippen LogP contribution in [0.1, 0.15) is 55.2 Å². The second-order valence-electron chi connectivity index (χ2n) is 5.72. The lowest BCUT2D eigenvalue weighted by molar-refractivity contribution is -0.119. The zero-order chi connectivity index (χ0) is 16.1. The van der Waals surface area contributed by atoms with E-state index >= 15 is 0 Å². The number of primary amides is 1. The highest BCUT2D eigenvalue weighted by molar-refractivity contribution is 7.10. The molecule has 0 spiro atoms. The Morgan fingerprint density at radius 3 is 2.32 bits per heavy atom. The van der Waals surface area contributed by atoms with E-state index in [4.69, 9.17) is 5.73 Å². The summed E-state index contributed by atoms with van der Waals surface area (Å²) in [5.41, 5.74) is 7.90. The molecule has 0 aliphatic carbocycles. The Bertz CT molecular complexity index is 592. The van der Waals surface area contributed by atoms with Crippen LogP contribution in [0.2, 0.25) is 0 Å². The van der Waals surface area contributed by atoms with E-state index in [1.54, 1.807) is 18.3 Å². The molecule has 3 N–H and O–H groups in total. The Morgan fingerprint density at radius 2 is 1.82 bits per heavy atom. The molecule has 0 aliphatic rings. The van der Waals surface area contributed by atoms with Crippen molar-refractivity contribution in [3.63, 3.8) is 0 Å². The minimum atomic E-state index is -0.374. The standard InChI is InChI=1S/C18H24N2OS/c1-4-12(2)14-7-9-15(10-8-14)17(16-6-5-11-22-16)20-13(3)18(19)21/h5-13,17,20H,4H2,1-3H3,(H2,19,21)/t12-,13+,17+/m1/s1. The molecule has 0 saturated heterocycles. The molecule has 118 valence electrons. The first kappa shape index (κ1) is 16.7. The third-order valence-corrected chi connectivity index (χ3v) is 5.06. The Hall–Kier alpha value is -1.65. The van der Waals surface area contributed by atoms with Gasteiger partial charge in [0.15, 0.2) is 0 Å². The normalized spacial score (nSPS) is 15.2. The molecule has 22 heavy (non-hydrogen) atoms. The van der Waals surface area contributed by atoms with Gasteiger partial charge in [0.25, 0.3) is 0 Å². The Kier molecular flexibility index (Phi) is 5.75. The van der Waals surface area contributed by atoms with E-state index in [9.17, 15) is 4.79 Å². The van der Waals surface area contributed by atoms with Crippen LogP contribution < -0.4 is 11.1 Å². The van der Waals surface area contributed by atoms with E-state index in [1.807, 2.05) is 11.4 Å². The van der Waals surface area contributed by atoms with Crippen molar-refractivity contribution in [1.29, 1.82) is 0 Å². The van der Waals surface area contributed by atoms with E-state index in [0.717, 1.165) is 12.0 Å². The Labute approximate surface area is 136 Å². The summed E-state index contributed by atoms with van der Waals surface area (Å²) in [5, 5.41) is 5.38. The fraction of sp³-hybridized carbons (Fsp3) is 0.389. The van der Waals surface area contributed by atoms with Crippen LogP contribution in [0.15, 0.2) is 41.8 Å². The highest BCUT2D eigenvalue weighted by Crippen LogP contribution is 2.28. The quantitative estimate of drug-likeness (QED) is 0.816. The van der Waals surface area contributed by atoms with Gasteiger partial charge in [0.05, 0.1) is 12.1 Å². The molecule has 0 radical (unpaired) electrons. The predicted molar refractivity (Wildman–Crippen MR) is 93.1 cm³/mol. The smallest absolute Gasteiger partial charge is 0.234 e. The summed E-state index contributed by atoms with van der Waals surface area (Å²) in [6.45, 7) is 6.23. The van der Waals surface area contributed by atoms with Crippen LogP contribution in [0.5, 0.6) is 0 Å². The lowest BCUT2D eigenvalue weighted by Gasteiger charge is -2.22. The van der Waals surface area contributed by atoms with Gasteiger partial charge >= 0.3 is 0 Å². The molecular weight excluding hydrogens is 292 g/mol. The molecule has 1 heterocycles. The first-order chi connectivity index (χ1) is 10.5. The molecule has 0 fully saturated rings. The SMILES string of the molecule is CC[C@@H](C)c1ccc([C@H](N[C@@H](C)C(N)=O)c2cccs2)cc1. The molecule has 4 heteroatoms. The summed E-state index contributed by atoms with van der Waals surface area (Å²) in [7, 11) is 0. The van der Waals surface area contributed by atoms with E-state index in [1.165, 1.54) is 10.4 Å². The zero-order valence-corrected chi connectivity index (χ0v) is 14.2. The maximum Gasteiger partial charge on any atom is 0.234 e. The molecule has 0 saturated carbocycles. The van der Waals surface area contributed by atoms with Crippen molar-refractivity contribution in [2.24, 2.45) is 5.73 Å². The van der Waals surface area contributed by atoms with Crippen LogP contribution in [0.25, 0.3) is 0 Å². The number of carbonyl (C=O) groups excluding carboxylic acids is 1. The number of nitrogens with one attached hydrogen (secondary N) is 1. The van der Waals surface area contributed by atoms with E-state index in [-0.39, 0.29) is 18.0 Å². The van der Waals surface area contributed by atoms with Crippen molar-refractivity contribution in [1.82, 2.24) is 5.32 Å². The molecule has 0 bridgehead atoms. The van der Waals surface area contributed by atoms with Crippen molar-refractivity contribution in [3.8, 4) is 0 Å². The summed E-state index contributed by atoms with van der Waals surface area (Å²) in [5.74, 6) is 0.226. The number of carbonyl (C=O) groups is 1. The fourth-order valence-electron chi connectivity index (χ4n) is 2.38. The molecule has 0 unspecified atom stereocenters. The van der Waals surface area contributed by atoms with E-state index in [2.05, 4.69) is 49.5 Å². The fourth-order valence-corrected chi connectivity index (χ4v) is 3.19. The molecule has 1 amide bonds. The second-order valence-corrected chi connectivity index (χ2v) is 6.69. The highest BCUT2D eigenvalue weighted by atomic mass is 32.1.